The van der Waals surface area contributed by atoms with E-state index in [-0.39, 0.29) is 5.69 Å². The molecule has 29 heavy (non-hydrogen) atoms. The SMILES string of the molecule is CCOc1ccccc1N(CC(=O)N/N=C/c1cc(Br)ccc1OC)S(C)(=O)=O. The lowest BCUT2D eigenvalue weighted by molar-refractivity contribution is -0.119. The molecule has 0 radical (unpaired) electrons. The Labute approximate surface area is 178 Å². The molecule has 1 amide bonds. The monoisotopic (exact) mass is 483 g/mol. The predicted molar refractivity (Wildman–Crippen MR) is 116 cm³/mol. The third kappa shape index (κ3) is 6.47. The maximum Gasteiger partial charge on any atom is 0.260 e. The lowest BCUT2D eigenvalue weighted by Gasteiger charge is -2.23. The van der Waals surface area contributed by atoms with Gasteiger partial charge in [-0.1, -0.05) is 28.1 Å². The number of anilines is 1. The highest BCUT2D eigenvalue weighted by Crippen LogP contribution is 2.29. The van der Waals surface area contributed by atoms with E-state index in [9.17, 15) is 13.2 Å². The molecule has 0 unspecified atom stereocenters. The van der Waals surface area contributed by atoms with Crippen molar-refractivity contribution in [3.05, 3.63) is 52.5 Å². The van der Waals surface area contributed by atoms with Gasteiger partial charge >= 0.3 is 0 Å². The Morgan fingerprint density at radius 1 is 1.24 bits per heavy atom. The summed E-state index contributed by atoms with van der Waals surface area (Å²) in [6, 6.07) is 12.0. The highest BCUT2D eigenvalue weighted by molar-refractivity contribution is 9.10. The molecule has 2 rings (SSSR count). The summed E-state index contributed by atoms with van der Waals surface area (Å²) in [7, 11) is -2.21. The van der Waals surface area contributed by atoms with Crippen LogP contribution >= 0.6 is 15.9 Å². The van der Waals surface area contributed by atoms with E-state index in [4.69, 9.17) is 9.47 Å². The lowest BCUT2D eigenvalue weighted by Crippen LogP contribution is -2.39. The Morgan fingerprint density at radius 2 is 1.97 bits per heavy atom. The van der Waals surface area contributed by atoms with Crippen LogP contribution in [-0.4, -0.2) is 47.1 Å². The van der Waals surface area contributed by atoms with Gasteiger partial charge in [0.25, 0.3) is 5.91 Å². The molecule has 8 nitrogen and oxygen atoms in total. The molecule has 0 aliphatic heterocycles. The second kappa shape index (κ2) is 10.3. The predicted octanol–water partition coefficient (Wildman–Crippen LogP) is 2.77. The van der Waals surface area contributed by atoms with Crippen molar-refractivity contribution in [3.63, 3.8) is 0 Å². The molecule has 0 saturated carbocycles. The molecule has 0 fully saturated rings. The molecule has 0 heterocycles. The first kappa shape index (κ1) is 22.7. The van der Waals surface area contributed by atoms with Crippen LogP contribution in [0.1, 0.15) is 12.5 Å². The number of carbonyl (C=O) groups is 1. The number of hydrogen-bond donors (Lipinski definition) is 1. The van der Waals surface area contributed by atoms with Crippen LogP contribution < -0.4 is 19.2 Å². The number of ether oxygens (including phenoxy) is 2. The van der Waals surface area contributed by atoms with E-state index in [1.54, 1.807) is 43.3 Å². The summed E-state index contributed by atoms with van der Waals surface area (Å²) in [5.41, 5.74) is 3.26. The van der Waals surface area contributed by atoms with Crippen molar-refractivity contribution in [2.24, 2.45) is 5.10 Å². The second-order valence-electron chi connectivity index (χ2n) is 5.85. The topological polar surface area (TPSA) is 97.3 Å². The van der Waals surface area contributed by atoms with Gasteiger partial charge in [0.05, 0.1) is 31.9 Å². The van der Waals surface area contributed by atoms with Gasteiger partial charge in [-0.05, 0) is 37.3 Å². The van der Waals surface area contributed by atoms with Gasteiger partial charge in [-0.3, -0.25) is 9.10 Å². The van der Waals surface area contributed by atoms with Gasteiger partial charge in [0.1, 0.15) is 18.0 Å². The molecule has 0 saturated heterocycles. The molecule has 156 valence electrons. The number of rotatable bonds is 9. The van der Waals surface area contributed by atoms with Crippen molar-refractivity contribution >= 4 is 43.8 Å². The van der Waals surface area contributed by atoms with E-state index in [0.717, 1.165) is 15.0 Å². The standard InChI is InChI=1S/C19H22BrN3O5S/c1-4-28-18-8-6-5-7-16(18)23(29(3,25)26)13-19(24)22-21-12-14-11-15(20)9-10-17(14)27-2/h5-12H,4,13H2,1-3H3,(H,22,24)/b21-12+. The normalized spacial score (nSPS) is 11.3. The number of nitrogens with one attached hydrogen (secondary N) is 1. The minimum atomic E-state index is -3.73. The third-order valence-electron chi connectivity index (χ3n) is 3.71. The smallest absolute Gasteiger partial charge is 0.260 e. The van der Waals surface area contributed by atoms with Gasteiger partial charge in [-0.2, -0.15) is 5.10 Å². The Kier molecular flexibility index (Phi) is 8.03. The van der Waals surface area contributed by atoms with Crippen LogP contribution in [0.15, 0.2) is 52.0 Å². The molecule has 0 aromatic heterocycles. The van der Waals surface area contributed by atoms with Crippen molar-refractivity contribution in [1.29, 1.82) is 0 Å². The molecule has 2 aromatic rings. The summed E-state index contributed by atoms with van der Waals surface area (Å²) >= 11 is 3.36. The average molecular weight is 484 g/mol. The largest absolute Gasteiger partial charge is 0.496 e. The maximum atomic E-state index is 12.3. The zero-order chi connectivity index (χ0) is 21.4. The number of benzene rings is 2. The number of carbonyl (C=O) groups excluding carboxylic acids is 1. The van der Waals surface area contributed by atoms with Crippen LogP contribution in [0.2, 0.25) is 0 Å². The van der Waals surface area contributed by atoms with E-state index >= 15 is 0 Å². The number of sulfonamides is 1. The van der Waals surface area contributed by atoms with E-state index in [0.29, 0.717) is 23.7 Å². The first-order valence-corrected chi connectivity index (χ1v) is 11.3. The van der Waals surface area contributed by atoms with E-state index in [2.05, 4.69) is 26.5 Å². The van der Waals surface area contributed by atoms with Crippen molar-refractivity contribution < 1.29 is 22.7 Å². The number of amides is 1. The number of hydrazone groups is 1. The van der Waals surface area contributed by atoms with E-state index in [1.807, 2.05) is 6.07 Å². The molecular weight excluding hydrogens is 462 g/mol. The van der Waals surface area contributed by atoms with Crippen molar-refractivity contribution in [2.75, 3.05) is 30.8 Å². The van der Waals surface area contributed by atoms with Gasteiger partial charge in [-0.15, -0.1) is 0 Å². The summed E-state index contributed by atoms with van der Waals surface area (Å²) in [5, 5.41) is 3.90. The Hall–Kier alpha value is -2.59. The third-order valence-corrected chi connectivity index (χ3v) is 5.33. The molecule has 0 atom stereocenters. The maximum absolute atomic E-state index is 12.3. The summed E-state index contributed by atoms with van der Waals surface area (Å²) in [6.07, 6.45) is 2.44. The molecule has 2 aromatic carbocycles. The Bertz CT molecular complexity index is 995. The van der Waals surface area contributed by atoms with Crippen molar-refractivity contribution in [2.45, 2.75) is 6.92 Å². The van der Waals surface area contributed by atoms with E-state index in [1.165, 1.54) is 13.3 Å². The van der Waals surface area contributed by atoms with Gasteiger partial charge in [-0.25, -0.2) is 13.8 Å². The first-order chi connectivity index (χ1) is 13.8. The fourth-order valence-corrected chi connectivity index (χ4v) is 3.71. The number of nitrogens with zero attached hydrogens (tertiary/aromatic N) is 2. The van der Waals surface area contributed by atoms with Crippen LogP contribution in [0.5, 0.6) is 11.5 Å². The first-order valence-electron chi connectivity index (χ1n) is 8.61. The second-order valence-corrected chi connectivity index (χ2v) is 8.67. The fourth-order valence-electron chi connectivity index (χ4n) is 2.47. The molecular formula is C19H22BrN3O5S. The van der Waals surface area contributed by atoms with Crippen LogP contribution in [0.25, 0.3) is 0 Å². The van der Waals surface area contributed by atoms with Gasteiger partial charge < -0.3 is 9.47 Å². The zero-order valence-electron chi connectivity index (χ0n) is 16.3. The lowest BCUT2D eigenvalue weighted by atomic mass is 10.2. The van der Waals surface area contributed by atoms with Crippen molar-refractivity contribution in [1.82, 2.24) is 5.43 Å². The van der Waals surface area contributed by atoms with Crippen LogP contribution in [0.3, 0.4) is 0 Å². The van der Waals surface area contributed by atoms with Gasteiger partial charge in [0.15, 0.2) is 0 Å². The molecule has 0 aliphatic carbocycles. The number of hydrogen-bond acceptors (Lipinski definition) is 6. The number of methoxy groups -OCH3 is 1. The molecule has 0 bridgehead atoms. The highest BCUT2D eigenvalue weighted by atomic mass is 79.9. The Morgan fingerprint density at radius 3 is 2.62 bits per heavy atom. The van der Waals surface area contributed by atoms with Crippen molar-refractivity contribution in [3.8, 4) is 11.5 Å². The summed E-state index contributed by atoms with van der Waals surface area (Å²) in [4.78, 5) is 12.3. The number of para-hydroxylation sites is 2. The highest BCUT2D eigenvalue weighted by Gasteiger charge is 2.23. The average Bonchev–Trinajstić information content (AvgIpc) is 2.66. The van der Waals surface area contributed by atoms with Crippen LogP contribution in [-0.2, 0) is 14.8 Å². The summed E-state index contributed by atoms with van der Waals surface area (Å²) < 4.78 is 37.1. The Balaban J connectivity index is 2.17. The minimum Gasteiger partial charge on any atom is -0.496 e. The van der Waals surface area contributed by atoms with Gasteiger partial charge in [0.2, 0.25) is 10.0 Å². The number of halogens is 1. The molecule has 1 N–H and O–H groups in total. The summed E-state index contributed by atoms with van der Waals surface area (Å²) in [5.74, 6) is 0.345. The fraction of sp³-hybridized carbons (Fsp3) is 0.263. The summed E-state index contributed by atoms with van der Waals surface area (Å²) in [6.45, 7) is 1.70. The quantitative estimate of drug-likeness (QED) is 0.436. The zero-order valence-corrected chi connectivity index (χ0v) is 18.7. The van der Waals surface area contributed by atoms with Crippen LogP contribution in [0, 0.1) is 0 Å². The van der Waals surface area contributed by atoms with Gasteiger partial charge in [0, 0.05) is 10.0 Å². The molecule has 10 heteroatoms. The van der Waals surface area contributed by atoms with E-state index < -0.39 is 22.5 Å². The molecule has 0 spiro atoms. The van der Waals surface area contributed by atoms with Crippen LogP contribution in [0.4, 0.5) is 5.69 Å². The molecule has 0 aliphatic rings. The minimum absolute atomic E-state index is 0.282.